The third kappa shape index (κ3) is 2.10. The number of nitriles is 1. The van der Waals surface area contributed by atoms with Crippen molar-refractivity contribution in [2.75, 3.05) is 5.73 Å². The van der Waals surface area contributed by atoms with Gasteiger partial charge < -0.3 is 5.73 Å². The molecule has 80 valence electrons. The highest BCUT2D eigenvalue weighted by atomic mass is 35.5. The molecule has 2 rings (SSSR count). The molecule has 2 N–H and O–H groups in total. The summed E-state index contributed by atoms with van der Waals surface area (Å²) in [5, 5.41) is 9.45. The van der Waals surface area contributed by atoms with E-state index in [1.54, 1.807) is 30.5 Å². The molecule has 3 nitrogen and oxygen atoms in total. The van der Waals surface area contributed by atoms with Crippen LogP contribution >= 0.6 is 11.6 Å². The largest absolute Gasteiger partial charge is 0.398 e. The van der Waals surface area contributed by atoms with Gasteiger partial charge in [0, 0.05) is 17.4 Å². The van der Waals surface area contributed by atoms with Crippen molar-refractivity contribution in [1.29, 1.82) is 5.26 Å². The summed E-state index contributed by atoms with van der Waals surface area (Å²) in [7, 11) is 5.74. The Hall–Kier alpha value is -1.99. The molecule has 0 aliphatic rings. The van der Waals surface area contributed by atoms with E-state index in [-0.39, 0.29) is 5.69 Å². The molecule has 0 aliphatic heterocycles. The summed E-state index contributed by atoms with van der Waals surface area (Å²) in [5.41, 5.74) is 7.89. The molecule has 0 spiro atoms. The van der Waals surface area contributed by atoms with Crippen molar-refractivity contribution in [3.63, 3.8) is 0 Å². The van der Waals surface area contributed by atoms with E-state index in [1.165, 1.54) is 0 Å². The lowest BCUT2D eigenvalue weighted by atomic mass is 9.89. The summed E-state index contributed by atoms with van der Waals surface area (Å²) < 4.78 is 0. The van der Waals surface area contributed by atoms with Crippen molar-refractivity contribution in [2.24, 2.45) is 0 Å². The molecule has 5 heteroatoms. The molecule has 0 bridgehead atoms. The van der Waals surface area contributed by atoms with E-state index in [9.17, 15) is 0 Å². The van der Waals surface area contributed by atoms with Crippen molar-refractivity contribution in [3.8, 4) is 17.3 Å². The molecular formula is C12H7BClN3. The number of halogens is 1. The van der Waals surface area contributed by atoms with Crippen molar-refractivity contribution in [2.45, 2.75) is 0 Å². The molecule has 0 fully saturated rings. The van der Waals surface area contributed by atoms with Crippen LogP contribution < -0.4 is 11.2 Å². The monoisotopic (exact) mass is 239 g/mol. The standard InChI is InChI=1S/C12H7BClN3/c13-9-5-7(4-8(6-15)11(9)16)12-10(14)2-1-3-17-12/h1-5H,16H2. The first kappa shape index (κ1) is 11.5. The van der Waals surface area contributed by atoms with Crippen LogP contribution in [0.2, 0.25) is 5.02 Å². The number of anilines is 1. The molecule has 0 unspecified atom stereocenters. The van der Waals surface area contributed by atoms with E-state index in [4.69, 9.17) is 30.4 Å². The van der Waals surface area contributed by atoms with Gasteiger partial charge in [-0.15, -0.1) is 0 Å². The van der Waals surface area contributed by atoms with Gasteiger partial charge >= 0.3 is 0 Å². The minimum atomic E-state index is 0.281. The number of nitrogens with two attached hydrogens (primary N) is 1. The second kappa shape index (κ2) is 4.48. The molecule has 0 aliphatic carbocycles. The lowest BCUT2D eigenvalue weighted by Gasteiger charge is -2.08. The normalized spacial score (nSPS) is 9.88. The third-order valence-electron chi connectivity index (χ3n) is 2.36. The fourth-order valence-electron chi connectivity index (χ4n) is 1.50. The Morgan fingerprint density at radius 1 is 1.41 bits per heavy atom. The van der Waals surface area contributed by atoms with Crippen molar-refractivity contribution >= 4 is 30.6 Å². The Kier molecular flexibility index (Phi) is 3.03. The summed E-state index contributed by atoms with van der Waals surface area (Å²) in [6.07, 6.45) is 1.62. The highest BCUT2D eigenvalue weighted by Crippen LogP contribution is 2.26. The average molecular weight is 239 g/mol. The number of benzene rings is 1. The van der Waals surface area contributed by atoms with Crippen LogP contribution in [0, 0.1) is 11.3 Å². The zero-order valence-corrected chi connectivity index (χ0v) is 9.57. The quantitative estimate of drug-likeness (QED) is 0.608. The third-order valence-corrected chi connectivity index (χ3v) is 2.67. The molecular weight excluding hydrogens is 232 g/mol. The topological polar surface area (TPSA) is 62.7 Å². The number of hydrogen-bond donors (Lipinski definition) is 1. The molecule has 2 aromatic rings. The smallest absolute Gasteiger partial charge is 0.116 e. The fourth-order valence-corrected chi connectivity index (χ4v) is 1.73. The first-order valence-electron chi connectivity index (χ1n) is 4.83. The van der Waals surface area contributed by atoms with E-state index in [0.29, 0.717) is 27.3 Å². The molecule has 1 aromatic heterocycles. The fraction of sp³-hybridized carbons (Fsp3) is 0. The summed E-state index contributed by atoms with van der Waals surface area (Å²) in [5.74, 6) is 0. The SMILES string of the molecule is [B]c1cc(-c2ncccc2Cl)cc(C#N)c1N. The van der Waals surface area contributed by atoms with E-state index < -0.39 is 0 Å². The number of nitrogen functional groups attached to an aromatic ring is 1. The van der Waals surface area contributed by atoms with Crippen LogP contribution in [0.5, 0.6) is 0 Å². The Morgan fingerprint density at radius 3 is 2.82 bits per heavy atom. The van der Waals surface area contributed by atoms with Crippen LogP contribution in [0.3, 0.4) is 0 Å². The van der Waals surface area contributed by atoms with Gasteiger partial charge in [0.2, 0.25) is 0 Å². The number of hydrogen-bond acceptors (Lipinski definition) is 3. The van der Waals surface area contributed by atoms with Crippen molar-refractivity contribution < 1.29 is 0 Å². The van der Waals surface area contributed by atoms with Crippen molar-refractivity contribution in [3.05, 3.63) is 41.0 Å². The van der Waals surface area contributed by atoms with E-state index in [2.05, 4.69) is 4.98 Å². The van der Waals surface area contributed by atoms with E-state index in [0.717, 1.165) is 0 Å². The second-order valence-electron chi connectivity index (χ2n) is 3.47. The van der Waals surface area contributed by atoms with Gasteiger partial charge in [-0.1, -0.05) is 23.1 Å². The maximum atomic E-state index is 8.94. The molecule has 1 heterocycles. The highest BCUT2D eigenvalue weighted by Gasteiger charge is 2.09. The van der Waals surface area contributed by atoms with Crippen LogP contribution in [0.4, 0.5) is 5.69 Å². The minimum absolute atomic E-state index is 0.281. The maximum absolute atomic E-state index is 8.94. The summed E-state index contributed by atoms with van der Waals surface area (Å²) in [6, 6.07) is 8.73. The predicted molar refractivity (Wildman–Crippen MR) is 69.2 cm³/mol. The Labute approximate surface area is 105 Å². The van der Waals surface area contributed by atoms with Crippen LogP contribution in [-0.4, -0.2) is 12.8 Å². The summed E-state index contributed by atoms with van der Waals surface area (Å²) in [6.45, 7) is 0. The highest BCUT2D eigenvalue weighted by molar-refractivity contribution is 6.37. The van der Waals surface area contributed by atoms with Gasteiger partial charge in [-0.25, -0.2) is 0 Å². The minimum Gasteiger partial charge on any atom is -0.398 e. The zero-order chi connectivity index (χ0) is 12.4. The van der Waals surface area contributed by atoms with Gasteiger partial charge in [-0.2, -0.15) is 5.26 Å². The average Bonchev–Trinajstić information content (AvgIpc) is 2.33. The summed E-state index contributed by atoms with van der Waals surface area (Å²) in [4.78, 5) is 4.16. The molecule has 0 saturated carbocycles. The Bertz CT molecular complexity index is 620. The van der Waals surface area contributed by atoms with Crippen LogP contribution in [0.1, 0.15) is 5.56 Å². The zero-order valence-electron chi connectivity index (χ0n) is 8.81. The first-order valence-corrected chi connectivity index (χ1v) is 5.21. The molecule has 0 saturated heterocycles. The molecule has 0 amide bonds. The van der Waals surface area contributed by atoms with Crippen LogP contribution in [0.15, 0.2) is 30.5 Å². The molecule has 0 atom stereocenters. The van der Waals surface area contributed by atoms with Crippen molar-refractivity contribution in [1.82, 2.24) is 4.98 Å². The Balaban J connectivity index is 2.67. The number of nitrogens with zero attached hydrogens (tertiary/aromatic N) is 2. The van der Waals surface area contributed by atoms with Gasteiger partial charge in [-0.05, 0) is 18.2 Å². The molecule has 2 radical (unpaired) electrons. The molecule has 17 heavy (non-hydrogen) atoms. The predicted octanol–water partition coefficient (Wildman–Crippen LogP) is 1.65. The first-order chi connectivity index (χ1) is 8.13. The van der Waals surface area contributed by atoms with Gasteiger partial charge in [-0.3, -0.25) is 4.98 Å². The lowest BCUT2D eigenvalue weighted by Crippen LogP contribution is -2.12. The second-order valence-corrected chi connectivity index (χ2v) is 3.88. The lowest BCUT2D eigenvalue weighted by molar-refractivity contribution is 1.33. The van der Waals surface area contributed by atoms with Gasteiger partial charge in [0.15, 0.2) is 0 Å². The number of aromatic nitrogens is 1. The number of pyridine rings is 1. The maximum Gasteiger partial charge on any atom is 0.116 e. The van der Waals surface area contributed by atoms with Gasteiger partial charge in [0.05, 0.1) is 16.3 Å². The van der Waals surface area contributed by atoms with Gasteiger partial charge in [0.1, 0.15) is 13.9 Å². The number of rotatable bonds is 1. The van der Waals surface area contributed by atoms with Crippen LogP contribution in [0.25, 0.3) is 11.3 Å². The molecule has 1 aromatic carbocycles. The Morgan fingerprint density at radius 2 is 2.18 bits per heavy atom. The van der Waals surface area contributed by atoms with E-state index >= 15 is 0 Å². The van der Waals surface area contributed by atoms with Crippen LogP contribution in [-0.2, 0) is 0 Å². The summed E-state index contributed by atoms with van der Waals surface area (Å²) >= 11 is 6.03. The van der Waals surface area contributed by atoms with Gasteiger partial charge in [0.25, 0.3) is 0 Å². The van der Waals surface area contributed by atoms with E-state index in [1.807, 2.05) is 6.07 Å².